The summed E-state index contributed by atoms with van der Waals surface area (Å²) in [7, 11) is 0. The Morgan fingerprint density at radius 2 is 1.79 bits per heavy atom. The highest BCUT2D eigenvalue weighted by molar-refractivity contribution is 9.10. The molecule has 1 aliphatic carbocycles. The van der Waals surface area contributed by atoms with Gasteiger partial charge in [-0.25, -0.2) is 0 Å². The van der Waals surface area contributed by atoms with Crippen molar-refractivity contribution in [1.82, 2.24) is 0 Å². The second-order valence-electron chi connectivity index (χ2n) is 3.83. The molecule has 1 aromatic carbocycles. The fraction of sp³-hybridized carbons (Fsp3) is 0.417. The van der Waals surface area contributed by atoms with E-state index >= 15 is 0 Å². The largest absolute Gasteiger partial charge is 0.300 e. The molecule has 0 aliphatic heterocycles. The number of halogens is 1. The van der Waals surface area contributed by atoms with E-state index in [2.05, 4.69) is 34.1 Å². The van der Waals surface area contributed by atoms with Crippen molar-refractivity contribution in [2.75, 3.05) is 0 Å². The van der Waals surface area contributed by atoms with Gasteiger partial charge in [-0.1, -0.05) is 34.1 Å². The van der Waals surface area contributed by atoms with Crippen LogP contribution in [0.4, 0.5) is 0 Å². The fourth-order valence-corrected chi connectivity index (χ4v) is 2.67. The molecule has 0 radical (unpaired) electrons. The van der Waals surface area contributed by atoms with Gasteiger partial charge in [-0.3, -0.25) is 4.79 Å². The maximum Gasteiger partial charge on any atom is 0.132 e. The van der Waals surface area contributed by atoms with Gasteiger partial charge in [-0.15, -0.1) is 0 Å². The molecule has 1 fully saturated rings. The highest BCUT2D eigenvalue weighted by atomic mass is 79.9. The molecule has 1 aromatic rings. The minimum absolute atomic E-state index is 0.424. The lowest BCUT2D eigenvalue weighted by Crippen LogP contribution is -2.12. The first-order valence-corrected chi connectivity index (χ1v) is 5.83. The highest BCUT2D eigenvalue weighted by Gasteiger charge is 2.21. The Hall–Kier alpha value is -0.630. The van der Waals surface area contributed by atoms with Gasteiger partial charge in [-0.2, -0.15) is 0 Å². The zero-order valence-corrected chi connectivity index (χ0v) is 9.59. The monoisotopic (exact) mass is 252 g/mol. The SMILES string of the molecule is O=C1CCC(c2ccccc2Br)CC1. The Balaban J connectivity index is 2.16. The summed E-state index contributed by atoms with van der Waals surface area (Å²) in [4.78, 5) is 11.1. The van der Waals surface area contributed by atoms with Crippen LogP contribution in [0.2, 0.25) is 0 Å². The third kappa shape index (κ3) is 2.06. The van der Waals surface area contributed by atoms with Gasteiger partial charge in [0.1, 0.15) is 5.78 Å². The van der Waals surface area contributed by atoms with Crippen LogP contribution >= 0.6 is 15.9 Å². The van der Waals surface area contributed by atoms with Gasteiger partial charge >= 0.3 is 0 Å². The van der Waals surface area contributed by atoms with E-state index < -0.39 is 0 Å². The van der Waals surface area contributed by atoms with Gasteiger partial charge in [0.05, 0.1) is 0 Å². The number of Topliss-reactive ketones (excluding diaryl/α,β-unsaturated/α-hetero) is 1. The lowest BCUT2D eigenvalue weighted by atomic mass is 9.83. The molecule has 2 heteroatoms. The van der Waals surface area contributed by atoms with Crippen LogP contribution < -0.4 is 0 Å². The molecular weight excluding hydrogens is 240 g/mol. The molecule has 1 nitrogen and oxygen atoms in total. The second kappa shape index (κ2) is 4.26. The van der Waals surface area contributed by atoms with E-state index in [9.17, 15) is 4.79 Å². The average Bonchev–Trinajstić information content (AvgIpc) is 2.20. The predicted molar refractivity (Wildman–Crippen MR) is 60.4 cm³/mol. The van der Waals surface area contributed by atoms with Crippen molar-refractivity contribution in [3.63, 3.8) is 0 Å². The molecule has 0 heterocycles. The molecule has 0 aromatic heterocycles. The Morgan fingerprint density at radius 1 is 1.14 bits per heavy atom. The maximum atomic E-state index is 11.1. The standard InChI is InChI=1S/C12H13BrO/c13-12-4-2-1-3-11(12)9-5-7-10(14)8-6-9/h1-4,9H,5-8H2. The van der Waals surface area contributed by atoms with Crippen LogP contribution in [0.15, 0.2) is 28.7 Å². The molecule has 1 aliphatic rings. The van der Waals surface area contributed by atoms with E-state index in [0.29, 0.717) is 11.7 Å². The summed E-state index contributed by atoms with van der Waals surface area (Å²) in [5, 5.41) is 0. The van der Waals surface area contributed by atoms with Crippen molar-refractivity contribution in [3.05, 3.63) is 34.3 Å². The first kappa shape index (κ1) is 9.91. The van der Waals surface area contributed by atoms with E-state index in [1.165, 1.54) is 10.0 Å². The minimum Gasteiger partial charge on any atom is -0.300 e. The summed E-state index contributed by atoms with van der Waals surface area (Å²) in [5.41, 5.74) is 1.36. The lowest BCUT2D eigenvalue weighted by Gasteiger charge is -2.22. The van der Waals surface area contributed by atoms with Gasteiger partial charge in [-0.05, 0) is 30.4 Å². The number of rotatable bonds is 1. The third-order valence-corrected chi connectivity index (χ3v) is 3.61. The lowest BCUT2D eigenvalue weighted by molar-refractivity contribution is -0.120. The van der Waals surface area contributed by atoms with Crippen LogP contribution in [0.1, 0.15) is 37.2 Å². The summed E-state index contributed by atoms with van der Waals surface area (Å²) in [6, 6.07) is 8.33. The van der Waals surface area contributed by atoms with Gasteiger partial charge in [0.15, 0.2) is 0 Å². The van der Waals surface area contributed by atoms with Crippen molar-refractivity contribution in [2.24, 2.45) is 0 Å². The van der Waals surface area contributed by atoms with E-state index in [1.807, 2.05) is 6.07 Å². The Morgan fingerprint density at radius 3 is 2.43 bits per heavy atom. The Labute approximate surface area is 92.6 Å². The number of benzene rings is 1. The average molecular weight is 253 g/mol. The summed E-state index contributed by atoms with van der Waals surface area (Å²) >= 11 is 3.56. The predicted octanol–water partition coefficient (Wildman–Crippen LogP) is 3.68. The van der Waals surface area contributed by atoms with E-state index in [0.717, 1.165) is 25.7 Å². The molecule has 1 saturated carbocycles. The van der Waals surface area contributed by atoms with Crippen LogP contribution in [0.3, 0.4) is 0 Å². The summed E-state index contributed by atoms with van der Waals surface area (Å²) in [5.74, 6) is 0.997. The fourth-order valence-electron chi connectivity index (χ4n) is 2.06. The summed E-state index contributed by atoms with van der Waals surface area (Å²) < 4.78 is 1.18. The molecule has 0 unspecified atom stereocenters. The minimum atomic E-state index is 0.424. The van der Waals surface area contributed by atoms with Crippen LogP contribution in [-0.2, 0) is 4.79 Å². The van der Waals surface area contributed by atoms with Crippen molar-refractivity contribution in [3.8, 4) is 0 Å². The molecule has 0 amide bonds. The van der Waals surface area contributed by atoms with Crippen molar-refractivity contribution >= 4 is 21.7 Å². The molecule has 2 rings (SSSR count). The van der Waals surface area contributed by atoms with Crippen LogP contribution in [0.5, 0.6) is 0 Å². The molecule has 74 valence electrons. The molecule has 0 atom stereocenters. The number of carbonyl (C=O) groups excluding carboxylic acids is 1. The highest BCUT2D eigenvalue weighted by Crippen LogP contribution is 2.34. The van der Waals surface area contributed by atoms with Crippen molar-refractivity contribution < 1.29 is 4.79 Å². The number of ketones is 1. The second-order valence-corrected chi connectivity index (χ2v) is 4.69. The van der Waals surface area contributed by atoms with Gasteiger partial charge in [0, 0.05) is 17.3 Å². The number of hydrogen-bond donors (Lipinski definition) is 0. The normalized spacial score (nSPS) is 18.5. The van der Waals surface area contributed by atoms with E-state index in [1.54, 1.807) is 0 Å². The van der Waals surface area contributed by atoms with Gasteiger partial charge < -0.3 is 0 Å². The van der Waals surface area contributed by atoms with Crippen LogP contribution in [0, 0.1) is 0 Å². The van der Waals surface area contributed by atoms with E-state index in [4.69, 9.17) is 0 Å². The molecule has 0 bridgehead atoms. The number of carbonyl (C=O) groups is 1. The summed E-state index contributed by atoms with van der Waals surface area (Å²) in [6.45, 7) is 0. The zero-order valence-electron chi connectivity index (χ0n) is 8.00. The third-order valence-electron chi connectivity index (χ3n) is 2.89. The quantitative estimate of drug-likeness (QED) is 0.746. The van der Waals surface area contributed by atoms with E-state index in [-0.39, 0.29) is 0 Å². The first-order valence-electron chi connectivity index (χ1n) is 5.03. The van der Waals surface area contributed by atoms with Crippen molar-refractivity contribution in [1.29, 1.82) is 0 Å². The van der Waals surface area contributed by atoms with Crippen LogP contribution in [0.25, 0.3) is 0 Å². The first-order chi connectivity index (χ1) is 6.77. The van der Waals surface area contributed by atoms with Gasteiger partial charge in [0.25, 0.3) is 0 Å². The maximum absolute atomic E-state index is 11.1. The van der Waals surface area contributed by atoms with Crippen molar-refractivity contribution in [2.45, 2.75) is 31.6 Å². The smallest absolute Gasteiger partial charge is 0.132 e. The molecule has 14 heavy (non-hydrogen) atoms. The zero-order chi connectivity index (χ0) is 9.97. The molecule has 0 spiro atoms. The van der Waals surface area contributed by atoms with Gasteiger partial charge in [0.2, 0.25) is 0 Å². The summed E-state index contributed by atoms with van der Waals surface area (Å²) in [6.07, 6.45) is 3.54. The Bertz CT molecular complexity index is 336. The Kier molecular flexibility index (Phi) is 3.02. The topological polar surface area (TPSA) is 17.1 Å². The molecule has 0 N–H and O–H groups in total. The number of hydrogen-bond acceptors (Lipinski definition) is 1. The molecular formula is C12H13BrO. The van der Waals surface area contributed by atoms with Crippen LogP contribution in [-0.4, -0.2) is 5.78 Å². The molecule has 0 saturated heterocycles.